The zero-order valence-electron chi connectivity index (χ0n) is 12.8. The van der Waals surface area contributed by atoms with Crippen LogP contribution < -0.4 is 5.32 Å². The van der Waals surface area contributed by atoms with Gasteiger partial charge in [0.2, 0.25) is 0 Å². The first kappa shape index (κ1) is 15.5. The van der Waals surface area contributed by atoms with Gasteiger partial charge in [0.15, 0.2) is 5.65 Å². The molecule has 5 heteroatoms. The zero-order valence-corrected chi connectivity index (χ0v) is 12.8. The third kappa shape index (κ3) is 4.04. The van der Waals surface area contributed by atoms with E-state index in [0.717, 1.165) is 30.0 Å². The maximum Gasteiger partial charge on any atom is 0.154 e. The highest BCUT2D eigenvalue weighted by atomic mass is 16.3. The highest BCUT2D eigenvalue weighted by molar-refractivity contribution is 5.53. The van der Waals surface area contributed by atoms with Crippen LogP contribution in [0.4, 0.5) is 5.82 Å². The minimum Gasteiger partial charge on any atom is -0.394 e. The van der Waals surface area contributed by atoms with Gasteiger partial charge in [-0.25, -0.2) is 9.50 Å². The molecule has 2 heterocycles. The first-order valence-electron chi connectivity index (χ1n) is 7.67. The summed E-state index contributed by atoms with van der Waals surface area (Å²) >= 11 is 0. The molecule has 2 rings (SSSR count). The van der Waals surface area contributed by atoms with Crippen LogP contribution in [0.3, 0.4) is 0 Å². The van der Waals surface area contributed by atoms with Crippen LogP contribution in [0.25, 0.3) is 11.7 Å². The summed E-state index contributed by atoms with van der Waals surface area (Å²) in [6.07, 6.45) is 10.4. The van der Waals surface area contributed by atoms with Crippen molar-refractivity contribution in [2.75, 3.05) is 11.9 Å². The molecular weight excluding hydrogens is 264 g/mol. The van der Waals surface area contributed by atoms with E-state index < -0.39 is 0 Å². The second-order valence-electron chi connectivity index (χ2n) is 5.15. The summed E-state index contributed by atoms with van der Waals surface area (Å²) in [5, 5.41) is 17.0. The van der Waals surface area contributed by atoms with Crippen molar-refractivity contribution in [2.45, 2.75) is 45.6 Å². The fourth-order valence-electron chi connectivity index (χ4n) is 2.09. The fourth-order valence-corrected chi connectivity index (χ4v) is 2.09. The van der Waals surface area contributed by atoms with Crippen LogP contribution in [0.5, 0.6) is 0 Å². The monoisotopic (exact) mass is 288 g/mol. The van der Waals surface area contributed by atoms with Crippen LogP contribution in [0.1, 0.15) is 45.2 Å². The number of unbranched alkanes of at least 4 members (excludes halogenated alkanes) is 2. The maximum atomic E-state index is 9.26. The summed E-state index contributed by atoms with van der Waals surface area (Å²) < 4.78 is 1.83. The summed E-state index contributed by atoms with van der Waals surface area (Å²) in [4.78, 5) is 4.35. The highest BCUT2D eigenvalue weighted by Crippen LogP contribution is 2.12. The topological polar surface area (TPSA) is 62.5 Å². The van der Waals surface area contributed by atoms with E-state index in [4.69, 9.17) is 0 Å². The van der Waals surface area contributed by atoms with Gasteiger partial charge in [0.1, 0.15) is 5.82 Å². The van der Waals surface area contributed by atoms with Gasteiger partial charge in [0.25, 0.3) is 0 Å². The first-order valence-corrected chi connectivity index (χ1v) is 7.67. The van der Waals surface area contributed by atoms with Gasteiger partial charge in [-0.3, -0.25) is 0 Å². The van der Waals surface area contributed by atoms with Gasteiger partial charge in [-0.1, -0.05) is 32.8 Å². The molecule has 114 valence electrons. The Labute approximate surface area is 125 Å². The summed E-state index contributed by atoms with van der Waals surface area (Å²) in [6.45, 7) is 4.32. The predicted molar refractivity (Wildman–Crippen MR) is 86.3 cm³/mol. The normalized spacial score (nSPS) is 13.1. The molecule has 0 saturated carbocycles. The zero-order chi connectivity index (χ0) is 15.1. The lowest BCUT2D eigenvalue weighted by Crippen LogP contribution is -2.23. The molecule has 0 saturated heterocycles. The summed E-state index contributed by atoms with van der Waals surface area (Å²) in [7, 11) is 0. The number of anilines is 1. The SMILES string of the molecule is CCCC/C=C/c1cnc2ccc(NC(CC)CO)nn12. The molecule has 21 heavy (non-hydrogen) atoms. The van der Waals surface area contributed by atoms with Crippen molar-refractivity contribution in [1.82, 2.24) is 14.6 Å². The van der Waals surface area contributed by atoms with Crippen molar-refractivity contribution in [2.24, 2.45) is 0 Å². The minimum absolute atomic E-state index is 0.0296. The Morgan fingerprint density at radius 1 is 1.38 bits per heavy atom. The Morgan fingerprint density at radius 2 is 2.24 bits per heavy atom. The Balaban J connectivity index is 2.18. The molecule has 1 unspecified atom stereocenters. The summed E-state index contributed by atoms with van der Waals surface area (Å²) in [5.74, 6) is 0.754. The largest absolute Gasteiger partial charge is 0.394 e. The molecule has 0 radical (unpaired) electrons. The van der Waals surface area contributed by atoms with Crippen LogP contribution >= 0.6 is 0 Å². The molecule has 0 aliphatic rings. The number of aliphatic hydroxyl groups excluding tert-OH is 1. The molecule has 5 nitrogen and oxygen atoms in total. The highest BCUT2D eigenvalue weighted by Gasteiger charge is 2.07. The number of hydrogen-bond acceptors (Lipinski definition) is 4. The molecule has 2 N–H and O–H groups in total. The maximum absolute atomic E-state index is 9.26. The average molecular weight is 288 g/mol. The van der Waals surface area contributed by atoms with Gasteiger partial charge in [0.05, 0.1) is 24.5 Å². The predicted octanol–water partition coefficient (Wildman–Crippen LogP) is 3.12. The van der Waals surface area contributed by atoms with Crippen molar-refractivity contribution in [3.8, 4) is 0 Å². The number of fused-ring (bicyclic) bond motifs is 1. The molecule has 0 fully saturated rings. The second-order valence-corrected chi connectivity index (χ2v) is 5.15. The van der Waals surface area contributed by atoms with E-state index in [1.54, 1.807) is 0 Å². The van der Waals surface area contributed by atoms with Crippen LogP contribution in [0.15, 0.2) is 24.4 Å². The van der Waals surface area contributed by atoms with Crippen molar-refractivity contribution in [3.05, 3.63) is 30.1 Å². The summed E-state index contributed by atoms with van der Waals surface area (Å²) in [5.41, 5.74) is 1.80. The van der Waals surface area contributed by atoms with E-state index in [-0.39, 0.29) is 12.6 Å². The molecule has 0 aliphatic carbocycles. The molecule has 0 aliphatic heterocycles. The summed E-state index contributed by atoms with van der Waals surface area (Å²) in [6, 6.07) is 3.86. The fraction of sp³-hybridized carbons (Fsp3) is 0.500. The van der Waals surface area contributed by atoms with E-state index in [9.17, 15) is 5.11 Å². The second kappa shape index (κ2) is 7.78. The van der Waals surface area contributed by atoms with Gasteiger partial charge in [-0.05, 0) is 31.1 Å². The molecule has 1 atom stereocenters. The number of aliphatic hydroxyl groups is 1. The lowest BCUT2D eigenvalue weighted by Gasteiger charge is -2.14. The number of hydrogen-bond donors (Lipinski definition) is 2. The van der Waals surface area contributed by atoms with Gasteiger partial charge < -0.3 is 10.4 Å². The van der Waals surface area contributed by atoms with Crippen molar-refractivity contribution in [3.63, 3.8) is 0 Å². The Hall–Kier alpha value is -1.88. The molecule has 0 aromatic carbocycles. The Bertz CT molecular complexity index is 587. The quantitative estimate of drug-likeness (QED) is 0.733. The number of nitrogens with zero attached hydrogens (tertiary/aromatic N) is 3. The number of rotatable bonds is 8. The van der Waals surface area contributed by atoms with Gasteiger partial charge in [-0.15, -0.1) is 5.10 Å². The molecule has 0 bridgehead atoms. The van der Waals surface area contributed by atoms with Crippen molar-refractivity contribution in [1.29, 1.82) is 0 Å². The molecule has 0 amide bonds. The van der Waals surface area contributed by atoms with Crippen LogP contribution in [-0.2, 0) is 0 Å². The average Bonchev–Trinajstić information content (AvgIpc) is 2.91. The lowest BCUT2D eigenvalue weighted by molar-refractivity contribution is 0.271. The van der Waals surface area contributed by atoms with Gasteiger partial charge in [0, 0.05) is 0 Å². The van der Waals surface area contributed by atoms with E-state index in [1.165, 1.54) is 12.8 Å². The molecular formula is C16H24N4O. The van der Waals surface area contributed by atoms with Crippen molar-refractivity contribution < 1.29 is 5.11 Å². The molecule has 0 spiro atoms. The molecule has 2 aromatic heterocycles. The Morgan fingerprint density at radius 3 is 2.95 bits per heavy atom. The van der Waals surface area contributed by atoms with E-state index in [1.807, 2.05) is 29.8 Å². The lowest BCUT2D eigenvalue weighted by atomic mass is 10.2. The Kier molecular flexibility index (Phi) is 5.75. The standard InChI is InChI=1S/C16H24N4O/c1-3-5-6-7-8-14-11-17-16-10-9-15(19-20(14)16)18-13(4-2)12-21/h7-11,13,21H,3-6,12H2,1-2H3,(H,18,19)/b8-7+. The third-order valence-corrected chi connectivity index (χ3v) is 3.47. The molecule has 2 aromatic rings. The first-order chi connectivity index (χ1) is 10.3. The van der Waals surface area contributed by atoms with E-state index >= 15 is 0 Å². The van der Waals surface area contributed by atoms with Crippen molar-refractivity contribution >= 4 is 17.5 Å². The number of nitrogens with one attached hydrogen (secondary N) is 1. The third-order valence-electron chi connectivity index (χ3n) is 3.47. The van der Waals surface area contributed by atoms with Crippen LogP contribution in [-0.4, -0.2) is 32.4 Å². The van der Waals surface area contributed by atoms with Gasteiger partial charge >= 0.3 is 0 Å². The number of imidazole rings is 1. The van der Waals surface area contributed by atoms with Crippen LogP contribution in [0, 0.1) is 0 Å². The smallest absolute Gasteiger partial charge is 0.154 e. The number of allylic oxidation sites excluding steroid dienone is 1. The van der Waals surface area contributed by atoms with Gasteiger partial charge in [-0.2, -0.15) is 0 Å². The minimum atomic E-state index is 0.0296. The van der Waals surface area contributed by atoms with E-state index in [0.29, 0.717) is 0 Å². The van der Waals surface area contributed by atoms with Crippen LogP contribution in [0.2, 0.25) is 0 Å². The number of aromatic nitrogens is 3. The van der Waals surface area contributed by atoms with E-state index in [2.05, 4.69) is 34.5 Å².